The van der Waals surface area contributed by atoms with E-state index in [0.717, 1.165) is 6.07 Å². The third kappa shape index (κ3) is 2.64. The number of esters is 1. The summed E-state index contributed by atoms with van der Waals surface area (Å²) in [6.45, 7) is 0. The molecule has 0 atom stereocenters. The fourth-order valence-electron chi connectivity index (χ4n) is 1.86. The van der Waals surface area contributed by atoms with Crippen molar-refractivity contribution in [3.05, 3.63) is 75.7 Å². The zero-order valence-electron chi connectivity index (χ0n) is 10.7. The highest BCUT2D eigenvalue weighted by atomic mass is 35.5. The van der Waals surface area contributed by atoms with Crippen molar-refractivity contribution in [2.45, 2.75) is 0 Å². The SMILES string of the molecule is O=C(Oc1cc(=O)n2ccccc2n1)c1ccccc1Cl. The average Bonchev–Trinajstić information content (AvgIpc) is 2.47. The van der Waals surface area contributed by atoms with E-state index in [0.29, 0.717) is 5.65 Å². The summed E-state index contributed by atoms with van der Waals surface area (Å²) in [6.07, 6.45) is 1.59. The summed E-state index contributed by atoms with van der Waals surface area (Å²) in [7, 11) is 0. The van der Waals surface area contributed by atoms with Crippen LogP contribution in [0, 0.1) is 0 Å². The number of pyridine rings is 1. The maximum absolute atomic E-state index is 12.0. The molecule has 0 unspecified atom stereocenters. The average molecular weight is 301 g/mol. The first kappa shape index (κ1) is 13.3. The summed E-state index contributed by atoms with van der Waals surface area (Å²) in [5.74, 6) is -0.719. The molecule has 0 aliphatic rings. The van der Waals surface area contributed by atoms with E-state index in [1.165, 1.54) is 4.40 Å². The molecular weight excluding hydrogens is 292 g/mol. The topological polar surface area (TPSA) is 60.7 Å². The van der Waals surface area contributed by atoms with Crippen molar-refractivity contribution in [3.63, 3.8) is 0 Å². The number of carbonyl (C=O) groups is 1. The lowest BCUT2D eigenvalue weighted by Gasteiger charge is -2.06. The molecule has 0 aliphatic heterocycles. The molecule has 0 spiro atoms. The predicted molar refractivity (Wildman–Crippen MR) is 77.9 cm³/mol. The largest absolute Gasteiger partial charge is 0.404 e. The molecule has 6 heteroatoms. The van der Waals surface area contributed by atoms with Crippen molar-refractivity contribution in [2.75, 3.05) is 0 Å². The number of rotatable bonds is 2. The van der Waals surface area contributed by atoms with Gasteiger partial charge in [-0.15, -0.1) is 0 Å². The maximum atomic E-state index is 12.0. The zero-order chi connectivity index (χ0) is 14.8. The van der Waals surface area contributed by atoms with E-state index in [2.05, 4.69) is 4.98 Å². The molecule has 21 heavy (non-hydrogen) atoms. The number of hydrogen-bond acceptors (Lipinski definition) is 4. The van der Waals surface area contributed by atoms with Crippen LogP contribution in [0.5, 0.6) is 5.88 Å². The first-order valence-corrected chi connectivity index (χ1v) is 6.48. The van der Waals surface area contributed by atoms with Gasteiger partial charge in [-0.25, -0.2) is 4.79 Å². The van der Waals surface area contributed by atoms with E-state index in [-0.39, 0.29) is 22.0 Å². The molecule has 0 bridgehead atoms. The molecule has 0 aliphatic carbocycles. The highest BCUT2D eigenvalue weighted by molar-refractivity contribution is 6.33. The van der Waals surface area contributed by atoms with Crippen molar-refractivity contribution < 1.29 is 9.53 Å². The van der Waals surface area contributed by atoms with Gasteiger partial charge in [-0.3, -0.25) is 9.20 Å². The Morgan fingerprint density at radius 2 is 1.90 bits per heavy atom. The van der Waals surface area contributed by atoms with Gasteiger partial charge in [0.1, 0.15) is 5.65 Å². The van der Waals surface area contributed by atoms with Gasteiger partial charge in [-0.1, -0.05) is 29.8 Å². The van der Waals surface area contributed by atoms with Gasteiger partial charge >= 0.3 is 5.97 Å². The van der Waals surface area contributed by atoms with Gasteiger partial charge in [0, 0.05) is 6.20 Å². The van der Waals surface area contributed by atoms with Crippen LogP contribution in [0.25, 0.3) is 5.65 Å². The van der Waals surface area contributed by atoms with E-state index in [4.69, 9.17) is 16.3 Å². The van der Waals surface area contributed by atoms with Crippen LogP contribution in [-0.4, -0.2) is 15.4 Å². The number of hydrogen-bond donors (Lipinski definition) is 0. The minimum Gasteiger partial charge on any atom is -0.404 e. The van der Waals surface area contributed by atoms with Crippen molar-refractivity contribution in [1.82, 2.24) is 9.38 Å². The first-order valence-electron chi connectivity index (χ1n) is 6.10. The summed E-state index contributed by atoms with van der Waals surface area (Å²) < 4.78 is 6.48. The Labute approximate surface area is 124 Å². The molecule has 0 N–H and O–H groups in total. The van der Waals surface area contributed by atoms with Crippen LogP contribution in [0.3, 0.4) is 0 Å². The minimum atomic E-state index is -0.659. The number of benzene rings is 1. The van der Waals surface area contributed by atoms with E-state index < -0.39 is 5.97 Å². The second kappa shape index (κ2) is 5.38. The Kier molecular flexibility index (Phi) is 3.41. The molecule has 2 heterocycles. The van der Waals surface area contributed by atoms with E-state index in [1.807, 2.05) is 0 Å². The third-order valence-electron chi connectivity index (χ3n) is 2.84. The Morgan fingerprint density at radius 3 is 2.71 bits per heavy atom. The second-order valence-corrected chi connectivity index (χ2v) is 4.64. The van der Waals surface area contributed by atoms with Crippen LogP contribution < -0.4 is 10.3 Å². The molecular formula is C15H9ClN2O3. The van der Waals surface area contributed by atoms with Crippen LogP contribution in [-0.2, 0) is 0 Å². The Balaban J connectivity index is 1.97. The Bertz CT molecular complexity index is 889. The van der Waals surface area contributed by atoms with Crippen molar-refractivity contribution >= 4 is 23.2 Å². The van der Waals surface area contributed by atoms with Gasteiger partial charge in [0.25, 0.3) is 5.56 Å². The smallest absolute Gasteiger partial charge is 0.346 e. The third-order valence-corrected chi connectivity index (χ3v) is 3.17. The summed E-state index contributed by atoms with van der Waals surface area (Å²) in [4.78, 5) is 28.0. The van der Waals surface area contributed by atoms with Crippen LogP contribution in [0.4, 0.5) is 0 Å². The summed E-state index contributed by atoms with van der Waals surface area (Å²) in [5.41, 5.74) is 0.281. The van der Waals surface area contributed by atoms with E-state index in [1.54, 1.807) is 48.7 Å². The minimum absolute atomic E-state index is 0.0591. The molecule has 104 valence electrons. The molecule has 3 aromatic rings. The summed E-state index contributed by atoms with van der Waals surface area (Å²) in [6, 6.07) is 12.8. The van der Waals surface area contributed by atoms with Crippen molar-refractivity contribution in [2.24, 2.45) is 0 Å². The van der Waals surface area contributed by atoms with Gasteiger partial charge in [0.2, 0.25) is 5.88 Å². The molecule has 1 aromatic carbocycles. The quantitative estimate of drug-likeness (QED) is 0.682. The van der Waals surface area contributed by atoms with Crippen LogP contribution >= 0.6 is 11.6 Å². The number of nitrogens with zero attached hydrogens (tertiary/aromatic N) is 2. The lowest BCUT2D eigenvalue weighted by atomic mass is 10.2. The molecule has 0 radical (unpaired) electrons. The Hall–Kier alpha value is -2.66. The van der Waals surface area contributed by atoms with Gasteiger partial charge in [0.05, 0.1) is 16.7 Å². The molecule has 3 rings (SSSR count). The van der Waals surface area contributed by atoms with Crippen LogP contribution in [0.1, 0.15) is 10.4 Å². The predicted octanol–water partition coefficient (Wildman–Crippen LogP) is 2.57. The van der Waals surface area contributed by atoms with Crippen LogP contribution in [0.15, 0.2) is 59.5 Å². The molecule has 0 amide bonds. The molecule has 0 saturated heterocycles. The fourth-order valence-corrected chi connectivity index (χ4v) is 2.07. The van der Waals surface area contributed by atoms with Gasteiger partial charge in [-0.2, -0.15) is 4.98 Å². The van der Waals surface area contributed by atoms with Gasteiger partial charge in [0.15, 0.2) is 0 Å². The molecule has 5 nitrogen and oxygen atoms in total. The van der Waals surface area contributed by atoms with E-state index >= 15 is 0 Å². The Morgan fingerprint density at radius 1 is 1.14 bits per heavy atom. The number of ether oxygens (including phenoxy) is 1. The highest BCUT2D eigenvalue weighted by Gasteiger charge is 2.13. The number of aromatic nitrogens is 2. The molecule has 0 saturated carbocycles. The fraction of sp³-hybridized carbons (Fsp3) is 0. The molecule has 2 aromatic heterocycles. The standard InChI is InChI=1S/C15H9ClN2O3/c16-11-6-2-1-5-10(11)15(20)21-13-9-14(19)18-8-4-3-7-12(18)17-13/h1-9H. The van der Waals surface area contributed by atoms with Crippen molar-refractivity contribution in [3.8, 4) is 5.88 Å². The monoisotopic (exact) mass is 300 g/mol. The second-order valence-electron chi connectivity index (χ2n) is 4.23. The van der Waals surface area contributed by atoms with Crippen LogP contribution in [0.2, 0.25) is 5.02 Å². The van der Waals surface area contributed by atoms with Crippen molar-refractivity contribution in [1.29, 1.82) is 0 Å². The highest BCUT2D eigenvalue weighted by Crippen LogP contribution is 2.17. The number of fused-ring (bicyclic) bond motifs is 1. The van der Waals surface area contributed by atoms with Gasteiger partial charge < -0.3 is 4.74 Å². The maximum Gasteiger partial charge on any atom is 0.346 e. The summed E-state index contributed by atoms with van der Waals surface area (Å²) in [5, 5.41) is 0.278. The lowest BCUT2D eigenvalue weighted by Crippen LogP contribution is -2.17. The summed E-state index contributed by atoms with van der Waals surface area (Å²) >= 11 is 5.92. The normalized spacial score (nSPS) is 10.5. The molecule has 0 fully saturated rings. The van der Waals surface area contributed by atoms with Gasteiger partial charge in [-0.05, 0) is 24.3 Å². The number of carbonyl (C=O) groups excluding carboxylic acids is 1. The first-order chi connectivity index (χ1) is 10.1. The lowest BCUT2D eigenvalue weighted by molar-refractivity contribution is 0.0728. The zero-order valence-corrected chi connectivity index (χ0v) is 11.4. The number of halogens is 1. The van der Waals surface area contributed by atoms with E-state index in [9.17, 15) is 9.59 Å².